The van der Waals surface area contributed by atoms with Gasteiger partial charge in [-0.1, -0.05) is 127 Å². The molecule has 0 saturated carbocycles. The van der Waals surface area contributed by atoms with Crippen LogP contribution in [0.2, 0.25) is 0 Å². The van der Waals surface area contributed by atoms with E-state index in [4.69, 9.17) is 0 Å². The first-order chi connectivity index (χ1) is 18.9. The van der Waals surface area contributed by atoms with E-state index in [-0.39, 0.29) is 5.41 Å². The van der Waals surface area contributed by atoms with Crippen LogP contribution >= 0.6 is 11.3 Å². The lowest BCUT2D eigenvalue weighted by molar-refractivity contribution is 0.769. The highest BCUT2D eigenvalue weighted by atomic mass is 32.1. The summed E-state index contributed by atoms with van der Waals surface area (Å²) in [5.41, 5.74) is 10.1. The summed E-state index contributed by atoms with van der Waals surface area (Å²) in [4.78, 5) is 0. The highest BCUT2D eigenvalue weighted by molar-refractivity contribution is 7.25. The summed E-state index contributed by atoms with van der Waals surface area (Å²) in [6.45, 7) is 0. The molecule has 0 fully saturated rings. The Bertz CT molecular complexity index is 1930. The van der Waals surface area contributed by atoms with Crippen LogP contribution in [0.1, 0.15) is 22.3 Å². The molecule has 0 aliphatic heterocycles. The third-order valence-corrected chi connectivity index (χ3v) is 9.30. The molecule has 0 bridgehead atoms. The van der Waals surface area contributed by atoms with Crippen molar-refractivity contribution < 1.29 is 0 Å². The van der Waals surface area contributed by atoms with Crippen molar-refractivity contribution in [1.82, 2.24) is 0 Å². The summed E-state index contributed by atoms with van der Waals surface area (Å²) in [5.74, 6) is 0. The molecule has 7 aromatic rings. The van der Waals surface area contributed by atoms with E-state index in [0.717, 1.165) is 0 Å². The highest BCUT2D eigenvalue weighted by Gasteiger charge is 2.45. The maximum Gasteiger partial charge on any atom is 0.0713 e. The van der Waals surface area contributed by atoms with Gasteiger partial charge in [-0.05, 0) is 62.7 Å². The van der Waals surface area contributed by atoms with Crippen LogP contribution in [0.4, 0.5) is 0 Å². The number of benzene rings is 6. The van der Waals surface area contributed by atoms with Gasteiger partial charge in [-0.15, -0.1) is 11.3 Å². The smallest absolute Gasteiger partial charge is 0.0713 e. The Hall–Kier alpha value is -4.46. The fourth-order valence-electron chi connectivity index (χ4n) is 6.65. The zero-order valence-corrected chi connectivity index (χ0v) is 21.6. The minimum absolute atomic E-state index is 0.380. The van der Waals surface area contributed by atoms with Crippen LogP contribution in [0.3, 0.4) is 0 Å². The fraction of sp³-hybridized carbons (Fsp3) is 0.0270. The van der Waals surface area contributed by atoms with Crippen LogP contribution in [-0.4, -0.2) is 0 Å². The normalized spacial score (nSPS) is 13.5. The molecule has 0 N–H and O–H groups in total. The van der Waals surface area contributed by atoms with E-state index in [0.29, 0.717) is 0 Å². The summed E-state index contributed by atoms with van der Waals surface area (Å²) >= 11 is 1.88. The molecule has 1 heterocycles. The Morgan fingerprint density at radius 1 is 0.421 bits per heavy atom. The van der Waals surface area contributed by atoms with Gasteiger partial charge in [0.2, 0.25) is 0 Å². The first kappa shape index (κ1) is 21.6. The molecule has 1 aromatic heterocycles. The van der Waals surface area contributed by atoms with Crippen molar-refractivity contribution in [3.05, 3.63) is 168 Å². The Balaban J connectivity index is 1.46. The van der Waals surface area contributed by atoms with Gasteiger partial charge < -0.3 is 0 Å². The average Bonchev–Trinajstić information content (AvgIpc) is 3.52. The van der Waals surface area contributed by atoms with Crippen LogP contribution < -0.4 is 0 Å². The zero-order chi connectivity index (χ0) is 25.1. The maximum absolute atomic E-state index is 2.44. The van der Waals surface area contributed by atoms with Gasteiger partial charge in [-0.25, -0.2) is 0 Å². The first-order valence-corrected chi connectivity index (χ1v) is 13.9. The monoisotopic (exact) mass is 500 g/mol. The number of thiophene rings is 1. The van der Waals surface area contributed by atoms with E-state index in [1.54, 1.807) is 0 Å². The predicted octanol–water partition coefficient (Wildman–Crippen LogP) is 10.1. The third-order valence-electron chi connectivity index (χ3n) is 8.17. The molecule has 38 heavy (non-hydrogen) atoms. The van der Waals surface area contributed by atoms with Gasteiger partial charge in [0, 0.05) is 20.2 Å². The van der Waals surface area contributed by atoms with Gasteiger partial charge >= 0.3 is 0 Å². The molecule has 0 atom stereocenters. The Morgan fingerprint density at radius 3 is 1.79 bits per heavy atom. The summed E-state index contributed by atoms with van der Waals surface area (Å²) in [5, 5.41) is 2.69. The zero-order valence-electron chi connectivity index (χ0n) is 20.8. The SMILES string of the molecule is c1ccc(C2(c3cccc(-c4cccc5sc6ccccc6c45)c3)c3ccccc3-c3ccccc32)cc1. The first-order valence-electron chi connectivity index (χ1n) is 13.1. The van der Waals surface area contributed by atoms with Gasteiger partial charge in [0.25, 0.3) is 0 Å². The summed E-state index contributed by atoms with van der Waals surface area (Å²) < 4.78 is 2.67. The number of rotatable bonds is 3. The Morgan fingerprint density at radius 2 is 1.00 bits per heavy atom. The number of hydrogen-bond donors (Lipinski definition) is 0. The molecule has 1 aliphatic carbocycles. The van der Waals surface area contributed by atoms with Crippen molar-refractivity contribution in [2.45, 2.75) is 5.41 Å². The molecule has 1 aliphatic rings. The third kappa shape index (κ3) is 2.91. The molecule has 0 nitrogen and oxygen atoms in total. The average molecular weight is 501 g/mol. The Kier molecular flexibility index (Phi) is 4.71. The lowest BCUT2D eigenvalue weighted by atomic mass is 9.67. The number of hydrogen-bond acceptors (Lipinski definition) is 1. The van der Waals surface area contributed by atoms with E-state index in [1.807, 2.05) is 11.3 Å². The van der Waals surface area contributed by atoms with Gasteiger partial charge in [0.15, 0.2) is 0 Å². The quantitative estimate of drug-likeness (QED) is 0.226. The molecule has 0 radical (unpaired) electrons. The molecule has 0 unspecified atom stereocenters. The summed E-state index contributed by atoms with van der Waals surface area (Å²) in [7, 11) is 0. The van der Waals surface area contributed by atoms with Crippen molar-refractivity contribution in [1.29, 1.82) is 0 Å². The van der Waals surface area contributed by atoms with E-state index in [1.165, 1.54) is 64.7 Å². The lowest BCUT2D eigenvalue weighted by Gasteiger charge is -2.34. The second-order valence-electron chi connectivity index (χ2n) is 10.1. The van der Waals surface area contributed by atoms with Crippen molar-refractivity contribution in [2.24, 2.45) is 0 Å². The van der Waals surface area contributed by atoms with Gasteiger partial charge in [-0.3, -0.25) is 0 Å². The van der Waals surface area contributed by atoms with E-state index in [2.05, 4.69) is 146 Å². The molecule has 6 aromatic carbocycles. The molecule has 178 valence electrons. The molecule has 0 amide bonds. The van der Waals surface area contributed by atoms with Crippen LogP contribution in [0.15, 0.2) is 146 Å². The minimum atomic E-state index is -0.380. The van der Waals surface area contributed by atoms with Crippen molar-refractivity contribution in [2.75, 3.05) is 0 Å². The van der Waals surface area contributed by atoms with Crippen LogP contribution in [-0.2, 0) is 5.41 Å². The second-order valence-corrected chi connectivity index (χ2v) is 11.1. The highest BCUT2D eigenvalue weighted by Crippen LogP contribution is 2.56. The van der Waals surface area contributed by atoms with Gasteiger partial charge in [0.1, 0.15) is 0 Å². The maximum atomic E-state index is 2.44. The van der Waals surface area contributed by atoms with Crippen LogP contribution in [0, 0.1) is 0 Å². The predicted molar refractivity (Wildman–Crippen MR) is 162 cm³/mol. The standard InChI is InChI=1S/C37H24S/c1-2-13-26(14-3-1)37(32-20-7-4-16-29(32)30-17-5-8-21-33(30)37)27-15-10-12-25(24-27)28-19-11-23-35-36(28)31-18-6-9-22-34(31)38-35/h1-24H. The fourth-order valence-corrected chi connectivity index (χ4v) is 7.78. The van der Waals surface area contributed by atoms with E-state index >= 15 is 0 Å². The van der Waals surface area contributed by atoms with E-state index in [9.17, 15) is 0 Å². The molecule has 0 spiro atoms. The largest absolute Gasteiger partial charge is 0.135 e. The van der Waals surface area contributed by atoms with Crippen molar-refractivity contribution in [3.8, 4) is 22.3 Å². The van der Waals surface area contributed by atoms with Gasteiger partial charge in [0.05, 0.1) is 5.41 Å². The van der Waals surface area contributed by atoms with E-state index < -0.39 is 0 Å². The lowest BCUT2D eigenvalue weighted by Crippen LogP contribution is -2.28. The van der Waals surface area contributed by atoms with Crippen molar-refractivity contribution >= 4 is 31.5 Å². The molecule has 1 heteroatoms. The molecule has 8 rings (SSSR count). The van der Waals surface area contributed by atoms with Crippen molar-refractivity contribution in [3.63, 3.8) is 0 Å². The topological polar surface area (TPSA) is 0 Å². The summed E-state index contributed by atoms with van der Waals surface area (Å²) in [6, 6.07) is 53.7. The molecular weight excluding hydrogens is 476 g/mol. The molecule has 0 saturated heterocycles. The minimum Gasteiger partial charge on any atom is -0.135 e. The molecular formula is C37H24S. The number of fused-ring (bicyclic) bond motifs is 6. The van der Waals surface area contributed by atoms with Crippen LogP contribution in [0.25, 0.3) is 42.4 Å². The summed E-state index contributed by atoms with van der Waals surface area (Å²) in [6.07, 6.45) is 0. The second kappa shape index (κ2) is 8.28. The van der Waals surface area contributed by atoms with Gasteiger partial charge in [-0.2, -0.15) is 0 Å². The van der Waals surface area contributed by atoms with Crippen LogP contribution in [0.5, 0.6) is 0 Å². The Labute approximate surface area is 226 Å².